The molecule has 0 radical (unpaired) electrons. The first-order chi connectivity index (χ1) is 7.32. The molecule has 0 atom stereocenters. The number of hydrogen-bond donors (Lipinski definition) is 1. The van der Waals surface area contributed by atoms with Crippen LogP contribution in [0.25, 0.3) is 0 Å². The fourth-order valence-electron chi connectivity index (χ4n) is 1.58. The predicted molar refractivity (Wildman–Crippen MR) is 65.5 cm³/mol. The van der Waals surface area contributed by atoms with Gasteiger partial charge in [-0.15, -0.1) is 0 Å². The van der Waals surface area contributed by atoms with Gasteiger partial charge in [0.2, 0.25) is 0 Å². The molecule has 1 heterocycles. The number of hydrogen-bond acceptors (Lipinski definition) is 3. The molecule has 0 saturated carbocycles. The molecule has 1 aliphatic heterocycles. The summed E-state index contributed by atoms with van der Waals surface area (Å²) < 4.78 is 27.7. The Morgan fingerprint density at radius 3 is 2.25 bits per heavy atom. The Hall–Kier alpha value is -0.170. The van der Waals surface area contributed by atoms with E-state index in [2.05, 4.69) is 5.32 Å². The van der Waals surface area contributed by atoms with E-state index >= 15 is 0 Å². The Kier molecular flexibility index (Phi) is 4.34. The van der Waals surface area contributed by atoms with Crippen molar-refractivity contribution in [2.45, 2.75) is 32.7 Å². The van der Waals surface area contributed by atoms with Gasteiger partial charge in [-0.3, -0.25) is 0 Å². The van der Waals surface area contributed by atoms with Crippen LogP contribution in [0.4, 0.5) is 0 Å². The minimum absolute atomic E-state index is 0.330. The first-order valence-corrected chi connectivity index (χ1v) is 7.17. The van der Waals surface area contributed by atoms with Crippen LogP contribution in [0.2, 0.25) is 0 Å². The molecule has 96 valence electrons. The molecule has 16 heavy (non-hydrogen) atoms. The van der Waals surface area contributed by atoms with Crippen molar-refractivity contribution in [1.29, 1.82) is 0 Å². The highest BCUT2D eigenvalue weighted by Crippen LogP contribution is 2.22. The van der Waals surface area contributed by atoms with Gasteiger partial charge in [0.05, 0.1) is 0 Å². The van der Waals surface area contributed by atoms with Crippen molar-refractivity contribution in [2.24, 2.45) is 0 Å². The Morgan fingerprint density at radius 2 is 1.81 bits per heavy atom. The van der Waals surface area contributed by atoms with Crippen LogP contribution in [0.1, 0.15) is 27.2 Å². The summed E-state index contributed by atoms with van der Waals surface area (Å²) in [4.78, 5) is 0. The van der Waals surface area contributed by atoms with Crippen molar-refractivity contribution in [1.82, 2.24) is 13.9 Å². The zero-order valence-corrected chi connectivity index (χ0v) is 11.5. The maximum absolute atomic E-state index is 12.3. The van der Waals surface area contributed by atoms with E-state index in [1.807, 2.05) is 20.8 Å². The molecule has 0 amide bonds. The van der Waals surface area contributed by atoms with E-state index in [1.165, 1.54) is 4.31 Å². The summed E-state index contributed by atoms with van der Waals surface area (Å²) >= 11 is 0. The third-order valence-electron chi connectivity index (χ3n) is 3.47. The standard InChI is InChI=1S/C10H23N3O2S/c1-5-10(2,3)12(4)16(14,15)13-8-6-11-7-9-13/h11H,5-9H2,1-4H3. The summed E-state index contributed by atoms with van der Waals surface area (Å²) in [6, 6.07) is 0. The summed E-state index contributed by atoms with van der Waals surface area (Å²) in [7, 11) is -1.64. The van der Waals surface area contributed by atoms with Crippen molar-refractivity contribution >= 4 is 10.2 Å². The monoisotopic (exact) mass is 249 g/mol. The topological polar surface area (TPSA) is 52.7 Å². The number of piperazine rings is 1. The van der Waals surface area contributed by atoms with Crippen LogP contribution in [-0.2, 0) is 10.2 Å². The van der Waals surface area contributed by atoms with Gasteiger partial charge in [-0.1, -0.05) is 6.92 Å². The van der Waals surface area contributed by atoms with Gasteiger partial charge in [-0.05, 0) is 20.3 Å². The summed E-state index contributed by atoms with van der Waals surface area (Å²) in [5.41, 5.74) is -0.330. The second kappa shape index (κ2) is 5.00. The molecule has 1 fully saturated rings. The highest BCUT2D eigenvalue weighted by atomic mass is 32.2. The van der Waals surface area contributed by atoms with E-state index in [0.717, 1.165) is 19.5 Å². The quantitative estimate of drug-likeness (QED) is 0.777. The third-order valence-corrected chi connectivity index (χ3v) is 5.67. The lowest BCUT2D eigenvalue weighted by Crippen LogP contribution is -2.55. The molecule has 0 aromatic rings. The molecule has 1 N–H and O–H groups in total. The molecule has 1 rings (SSSR count). The molecule has 0 aromatic carbocycles. The molecule has 0 aromatic heterocycles. The van der Waals surface area contributed by atoms with Gasteiger partial charge in [0.25, 0.3) is 10.2 Å². The number of nitrogens with one attached hydrogen (secondary N) is 1. The predicted octanol–water partition coefficient (Wildman–Crippen LogP) is 0.257. The molecular weight excluding hydrogens is 226 g/mol. The second-order valence-electron chi connectivity index (χ2n) is 4.79. The van der Waals surface area contributed by atoms with Gasteiger partial charge < -0.3 is 5.32 Å². The Balaban J connectivity index is 2.84. The van der Waals surface area contributed by atoms with Gasteiger partial charge in [-0.2, -0.15) is 17.0 Å². The second-order valence-corrected chi connectivity index (χ2v) is 6.75. The van der Waals surface area contributed by atoms with E-state index < -0.39 is 10.2 Å². The maximum Gasteiger partial charge on any atom is 0.282 e. The lowest BCUT2D eigenvalue weighted by Gasteiger charge is -2.38. The Labute approximate surface area is 99.0 Å². The van der Waals surface area contributed by atoms with Crippen LogP contribution >= 0.6 is 0 Å². The SMILES string of the molecule is CCC(C)(C)N(C)S(=O)(=O)N1CCNCC1. The van der Waals surface area contributed by atoms with Crippen LogP contribution in [0.15, 0.2) is 0 Å². The summed E-state index contributed by atoms with van der Waals surface area (Å²) in [6.45, 7) is 8.50. The number of rotatable bonds is 4. The van der Waals surface area contributed by atoms with Gasteiger partial charge >= 0.3 is 0 Å². The Morgan fingerprint density at radius 1 is 1.31 bits per heavy atom. The Bertz CT molecular complexity index is 321. The molecule has 0 bridgehead atoms. The lowest BCUT2D eigenvalue weighted by atomic mass is 10.0. The summed E-state index contributed by atoms with van der Waals surface area (Å²) in [6.07, 6.45) is 0.800. The first-order valence-electron chi connectivity index (χ1n) is 5.77. The van der Waals surface area contributed by atoms with Crippen LogP contribution < -0.4 is 5.32 Å². The zero-order chi connectivity index (χ0) is 12.4. The van der Waals surface area contributed by atoms with E-state index in [4.69, 9.17) is 0 Å². The minimum atomic E-state index is -3.31. The highest BCUT2D eigenvalue weighted by molar-refractivity contribution is 7.86. The van der Waals surface area contributed by atoms with Gasteiger partial charge in [0.1, 0.15) is 0 Å². The van der Waals surface area contributed by atoms with E-state index in [-0.39, 0.29) is 5.54 Å². The van der Waals surface area contributed by atoms with Crippen LogP contribution in [0, 0.1) is 0 Å². The average molecular weight is 249 g/mol. The zero-order valence-electron chi connectivity index (χ0n) is 10.7. The van der Waals surface area contributed by atoms with E-state index in [1.54, 1.807) is 11.4 Å². The molecule has 1 aliphatic rings. The van der Waals surface area contributed by atoms with Crippen molar-refractivity contribution in [3.8, 4) is 0 Å². The van der Waals surface area contributed by atoms with Gasteiger partial charge in [-0.25, -0.2) is 0 Å². The van der Waals surface area contributed by atoms with Crippen molar-refractivity contribution < 1.29 is 8.42 Å². The molecule has 0 spiro atoms. The van der Waals surface area contributed by atoms with Crippen molar-refractivity contribution in [3.05, 3.63) is 0 Å². The van der Waals surface area contributed by atoms with Crippen LogP contribution in [0.3, 0.4) is 0 Å². The third kappa shape index (κ3) is 2.74. The molecule has 5 nitrogen and oxygen atoms in total. The van der Waals surface area contributed by atoms with E-state index in [0.29, 0.717) is 13.1 Å². The van der Waals surface area contributed by atoms with Crippen LogP contribution in [0.5, 0.6) is 0 Å². The van der Waals surface area contributed by atoms with Gasteiger partial charge in [0, 0.05) is 38.8 Å². The fraction of sp³-hybridized carbons (Fsp3) is 1.00. The molecular formula is C10H23N3O2S. The number of nitrogens with zero attached hydrogens (tertiary/aromatic N) is 2. The van der Waals surface area contributed by atoms with Crippen molar-refractivity contribution in [2.75, 3.05) is 33.2 Å². The largest absolute Gasteiger partial charge is 0.314 e. The molecule has 1 saturated heterocycles. The van der Waals surface area contributed by atoms with Crippen LogP contribution in [-0.4, -0.2) is 55.8 Å². The highest BCUT2D eigenvalue weighted by Gasteiger charge is 2.36. The minimum Gasteiger partial charge on any atom is -0.314 e. The summed E-state index contributed by atoms with van der Waals surface area (Å²) in [5, 5.41) is 3.15. The van der Waals surface area contributed by atoms with Crippen molar-refractivity contribution in [3.63, 3.8) is 0 Å². The molecule has 6 heteroatoms. The lowest BCUT2D eigenvalue weighted by molar-refractivity contribution is 0.229. The maximum atomic E-state index is 12.3. The normalized spacial score (nSPS) is 20.3. The fourth-order valence-corrected chi connectivity index (χ4v) is 3.33. The first kappa shape index (κ1) is 13.9. The van der Waals surface area contributed by atoms with E-state index in [9.17, 15) is 8.42 Å². The smallest absolute Gasteiger partial charge is 0.282 e. The summed E-state index contributed by atoms with van der Waals surface area (Å²) in [5.74, 6) is 0. The van der Waals surface area contributed by atoms with Gasteiger partial charge in [0.15, 0.2) is 0 Å². The molecule has 0 aliphatic carbocycles. The average Bonchev–Trinajstić information content (AvgIpc) is 2.29. The molecule has 0 unspecified atom stereocenters.